The molecule has 0 spiro atoms. The van der Waals surface area contributed by atoms with E-state index in [0.717, 1.165) is 12.1 Å². The maximum absolute atomic E-state index is 13.9. The third kappa shape index (κ3) is 10.4. The van der Waals surface area contributed by atoms with Crippen molar-refractivity contribution in [3.63, 3.8) is 0 Å². The van der Waals surface area contributed by atoms with Crippen molar-refractivity contribution in [3.8, 4) is 5.75 Å². The van der Waals surface area contributed by atoms with Gasteiger partial charge in [0, 0.05) is 12.5 Å². The second kappa shape index (κ2) is 17.4. The summed E-state index contributed by atoms with van der Waals surface area (Å²) in [6.07, 6.45) is -13.0. The number of alkyl halides is 9. The van der Waals surface area contributed by atoms with Crippen LogP contribution >= 0.6 is 0 Å². The van der Waals surface area contributed by atoms with Gasteiger partial charge in [-0.1, -0.05) is 6.92 Å². The Labute approximate surface area is 323 Å². The van der Waals surface area contributed by atoms with Crippen LogP contribution in [0.1, 0.15) is 106 Å². The SMILES string of the molecule is CCOC(=O)C1CCC(C(C)Oc2cnc(N[C@H]3C[C@@H](CC)N(C(=O)OCC)c4ccc(C(F)(F)F)cc43)nc2Cc2cc(C(F)(F)F)cc(C(F)(F)F)c2)CC1. The minimum Gasteiger partial charge on any atom is -0.487 e. The zero-order valence-corrected chi connectivity index (χ0v) is 31.6. The quantitative estimate of drug-likeness (QED) is 0.151. The monoisotopic (exact) mass is 818 g/mol. The maximum Gasteiger partial charge on any atom is 0.416 e. The molecular formula is C39H43F9N4O5. The highest BCUT2D eigenvalue weighted by molar-refractivity contribution is 5.90. The summed E-state index contributed by atoms with van der Waals surface area (Å²) in [5.41, 5.74) is -4.31. The number of esters is 1. The molecule has 0 saturated heterocycles. The van der Waals surface area contributed by atoms with Crippen molar-refractivity contribution < 1.29 is 63.3 Å². The molecule has 18 heteroatoms. The molecule has 57 heavy (non-hydrogen) atoms. The van der Waals surface area contributed by atoms with Crippen LogP contribution in [0.15, 0.2) is 42.6 Å². The molecular weight excluding hydrogens is 775 g/mol. The molecule has 2 aromatic carbocycles. The fourth-order valence-corrected chi connectivity index (χ4v) is 7.41. The molecule has 0 radical (unpaired) electrons. The molecule has 3 aromatic rings. The van der Waals surface area contributed by atoms with E-state index in [-0.39, 0.29) is 77.7 Å². The summed E-state index contributed by atoms with van der Waals surface area (Å²) in [6, 6.07) is 2.60. The van der Waals surface area contributed by atoms with Gasteiger partial charge in [0.25, 0.3) is 0 Å². The van der Waals surface area contributed by atoms with E-state index >= 15 is 0 Å². The van der Waals surface area contributed by atoms with E-state index in [2.05, 4.69) is 15.3 Å². The average Bonchev–Trinajstić information content (AvgIpc) is 3.14. The van der Waals surface area contributed by atoms with Gasteiger partial charge in [-0.2, -0.15) is 39.5 Å². The number of rotatable bonds is 11. The molecule has 3 atom stereocenters. The van der Waals surface area contributed by atoms with Crippen LogP contribution < -0.4 is 15.0 Å². The minimum absolute atomic E-state index is 0.0122. The molecule has 1 saturated carbocycles. The second-order valence-corrected chi connectivity index (χ2v) is 14.1. The second-order valence-electron chi connectivity index (χ2n) is 14.1. The van der Waals surface area contributed by atoms with Crippen molar-refractivity contribution in [1.82, 2.24) is 9.97 Å². The van der Waals surface area contributed by atoms with Crippen molar-refractivity contribution in [1.29, 1.82) is 0 Å². The van der Waals surface area contributed by atoms with Crippen molar-refractivity contribution in [2.45, 2.75) is 109 Å². The number of hydrogen-bond acceptors (Lipinski definition) is 8. The highest BCUT2D eigenvalue weighted by Crippen LogP contribution is 2.44. The summed E-state index contributed by atoms with van der Waals surface area (Å²) in [5, 5.41) is 3.01. The number of hydrogen-bond donors (Lipinski definition) is 1. The van der Waals surface area contributed by atoms with E-state index < -0.39 is 65.9 Å². The summed E-state index contributed by atoms with van der Waals surface area (Å²) in [5.74, 6) is -0.890. The number of benzene rings is 2. The molecule has 0 bridgehead atoms. The Morgan fingerprint density at radius 3 is 2.02 bits per heavy atom. The molecule has 9 nitrogen and oxygen atoms in total. The Hall–Kier alpha value is -4.77. The predicted molar refractivity (Wildman–Crippen MR) is 189 cm³/mol. The summed E-state index contributed by atoms with van der Waals surface area (Å²) in [4.78, 5) is 35.4. The summed E-state index contributed by atoms with van der Waals surface area (Å²) >= 11 is 0. The Morgan fingerprint density at radius 1 is 0.842 bits per heavy atom. The van der Waals surface area contributed by atoms with E-state index in [1.54, 1.807) is 27.7 Å². The Morgan fingerprint density at radius 2 is 1.46 bits per heavy atom. The Balaban J connectivity index is 1.53. The first-order valence-electron chi connectivity index (χ1n) is 18.6. The highest BCUT2D eigenvalue weighted by Gasteiger charge is 2.40. The first-order valence-corrected chi connectivity index (χ1v) is 18.6. The molecule has 1 N–H and O–H groups in total. The van der Waals surface area contributed by atoms with Gasteiger partial charge in [-0.25, -0.2) is 14.8 Å². The van der Waals surface area contributed by atoms with Crippen LogP contribution in [0.2, 0.25) is 0 Å². The molecule has 1 aromatic heterocycles. The fraction of sp³-hybridized carbons (Fsp3) is 0.538. The maximum atomic E-state index is 13.9. The number of carbonyl (C=O) groups excluding carboxylic acids is 2. The molecule has 312 valence electrons. The number of halogens is 9. The topological polar surface area (TPSA) is 103 Å². The molecule has 1 unspecified atom stereocenters. The molecule has 2 heterocycles. The lowest BCUT2D eigenvalue weighted by Crippen LogP contribution is -2.46. The molecule has 5 rings (SSSR count). The van der Waals surface area contributed by atoms with E-state index in [1.807, 2.05) is 0 Å². The third-order valence-electron chi connectivity index (χ3n) is 10.3. The summed E-state index contributed by atoms with van der Waals surface area (Å²) in [7, 11) is 0. The molecule has 2 aliphatic rings. The highest BCUT2D eigenvalue weighted by atomic mass is 19.4. The van der Waals surface area contributed by atoms with Gasteiger partial charge in [-0.3, -0.25) is 9.69 Å². The number of fused-ring (bicyclic) bond motifs is 1. The van der Waals surface area contributed by atoms with Crippen LogP contribution in [0.3, 0.4) is 0 Å². The lowest BCUT2D eigenvalue weighted by atomic mass is 9.79. The van der Waals surface area contributed by atoms with Gasteiger partial charge < -0.3 is 19.5 Å². The van der Waals surface area contributed by atoms with Gasteiger partial charge in [-0.15, -0.1) is 0 Å². The summed E-state index contributed by atoms with van der Waals surface area (Å²) < 4.78 is 141. The smallest absolute Gasteiger partial charge is 0.416 e. The number of carbonyl (C=O) groups is 2. The van der Waals surface area contributed by atoms with Crippen LogP contribution in [-0.4, -0.2) is 47.4 Å². The van der Waals surface area contributed by atoms with Crippen LogP contribution in [0, 0.1) is 11.8 Å². The molecule has 1 amide bonds. The third-order valence-corrected chi connectivity index (χ3v) is 10.3. The van der Waals surface area contributed by atoms with Crippen molar-refractivity contribution >= 4 is 23.7 Å². The summed E-state index contributed by atoms with van der Waals surface area (Å²) in [6.45, 7) is 7.08. The lowest BCUT2D eigenvalue weighted by molar-refractivity contribution is -0.149. The number of anilines is 2. The number of aromatic nitrogens is 2. The first kappa shape index (κ1) is 43.4. The van der Waals surface area contributed by atoms with Gasteiger partial charge in [0.1, 0.15) is 0 Å². The van der Waals surface area contributed by atoms with E-state index in [0.29, 0.717) is 44.2 Å². The zero-order chi connectivity index (χ0) is 41.9. The molecule has 1 aliphatic carbocycles. The average molecular weight is 819 g/mol. The first-order chi connectivity index (χ1) is 26.7. The fourth-order valence-electron chi connectivity index (χ4n) is 7.41. The Bertz CT molecular complexity index is 1860. The predicted octanol–water partition coefficient (Wildman–Crippen LogP) is 10.6. The van der Waals surface area contributed by atoms with Crippen LogP contribution in [0.5, 0.6) is 5.75 Å². The van der Waals surface area contributed by atoms with Gasteiger partial charge in [0.2, 0.25) is 5.95 Å². The van der Waals surface area contributed by atoms with Gasteiger partial charge in [0.15, 0.2) is 5.75 Å². The van der Waals surface area contributed by atoms with Crippen molar-refractivity contribution in [3.05, 3.63) is 76.1 Å². The van der Waals surface area contributed by atoms with E-state index in [9.17, 15) is 49.1 Å². The van der Waals surface area contributed by atoms with Crippen molar-refractivity contribution in [2.24, 2.45) is 11.8 Å². The van der Waals surface area contributed by atoms with Crippen LogP contribution in [0.4, 0.5) is 55.9 Å². The van der Waals surface area contributed by atoms with Crippen LogP contribution in [-0.2, 0) is 39.2 Å². The minimum atomic E-state index is -5.11. The van der Waals surface area contributed by atoms with Gasteiger partial charge in [0.05, 0.1) is 65.5 Å². The standard InChI is InChI=1S/C39H43F9N4O5/c1-5-28-19-30(29-18-25(37(40,41)42)12-13-32(29)52(28)36(54)56-7-3)50-35-49-20-33(57-21(4)23-8-10-24(11-9-23)34(53)55-6-2)31(51-35)16-22-14-26(38(43,44)45)17-27(15-22)39(46,47)48/h12-15,17-18,20-21,23-24,28,30H,5-11,16,19H2,1-4H3,(H,49,50,51)/t21?,23?,24?,28-,30+/m1/s1. The normalized spacial score (nSPS) is 20.7. The van der Waals surface area contributed by atoms with Crippen molar-refractivity contribution in [2.75, 3.05) is 23.4 Å². The molecule has 1 fully saturated rings. The zero-order valence-electron chi connectivity index (χ0n) is 31.6. The largest absolute Gasteiger partial charge is 0.487 e. The van der Waals surface area contributed by atoms with Crippen LogP contribution in [0.25, 0.3) is 0 Å². The number of nitrogens with zero attached hydrogens (tertiary/aromatic N) is 3. The number of nitrogens with one attached hydrogen (secondary N) is 1. The van der Waals surface area contributed by atoms with E-state index in [4.69, 9.17) is 14.2 Å². The van der Waals surface area contributed by atoms with Gasteiger partial charge >= 0.3 is 30.6 Å². The molecule has 1 aliphatic heterocycles. The van der Waals surface area contributed by atoms with E-state index in [1.165, 1.54) is 17.2 Å². The lowest BCUT2D eigenvalue weighted by Gasteiger charge is -2.40. The Kier molecular flexibility index (Phi) is 13.2. The number of ether oxygens (including phenoxy) is 3. The van der Waals surface area contributed by atoms with Gasteiger partial charge in [-0.05, 0) is 113 Å². The number of amides is 1.